The lowest BCUT2D eigenvalue weighted by Crippen LogP contribution is -2.50. The molecule has 1 aromatic carbocycles. The molecule has 1 spiro atoms. The molecule has 3 heterocycles. The first-order valence-corrected chi connectivity index (χ1v) is 16.2. The van der Waals surface area contributed by atoms with Crippen LogP contribution in [0.2, 0.25) is 0 Å². The largest absolute Gasteiger partial charge is 0.459 e. The van der Waals surface area contributed by atoms with E-state index in [-0.39, 0.29) is 54.6 Å². The predicted octanol–water partition coefficient (Wildman–Crippen LogP) is 3.40. The Morgan fingerprint density at radius 2 is 1.96 bits per heavy atom. The molecule has 3 aliphatic rings. The van der Waals surface area contributed by atoms with Crippen LogP contribution in [0.4, 0.5) is 10.1 Å². The molecule has 0 radical (unpaired) electrons. The van der Waals surface area contributed by atoms with E-state index in [1.807, 2.05) is 19.9 Å². The number of nitrogens with one attached hydrogen (secondary N) is 2. The molecule has 5 N–H and O–H groups in total. The topological polar surface area (TPSA) is 162 Å². The summed E-state index contributed by atoms with van der Waals surface area (Å²) in [5.41, 5.74) is 6.41. The van der Waals surface area contributed by atoms with Crippen LogP contribution >= 0.6 is 0 Å². The lowest BCUT2D eigenvalue weighted by Gasteiger charge is -2.39. The Morgan fingerprint density at radius 1 is 1.21 bits per heavy atom. The van der Waals surface area contributed by atoms with Gasteiger partial charge in [-0.25, -0.2) is 4.39 Å². The van der Waals surface area contributed by atoms with Crippen LogP contribution in [0.25, 0.3) is 0 Å². The Bertz CT molecular complexity index is 1380. The number of aliphatic hydroxyl groups excluding tert-OH is 1. The van der Waals surface area contributed by atoms with E-state index >= 15 is 0 Å². The SMILES string of the molecule is CC(=O)O[C@@H](C)/C=C\C(=O)N[C@@H]1C[C@H](C)[C@H](C/C=C(C)/C=C/[C@H]2O[C@H](CC(=O)NCc3ccc(N)c(F)c3)C[C@@]3(CO3)[C@@H]2O)O[C@@H]1C. The molecule has 0 aromatic heterocycles. The standard InChI is InChI=1S/C35H48FN3O8/c1-20(6-11-30-21(2)14-29(23(4)46-30)39-32(41)13-8-22(3)45-24(5)40)7-12-31-34(43)35(19-44-35)17-26(47-31)16-33(42)38-18-25-9-10-28(37)27(36)15-25/h6-10,12-13,15,21-23,26,29-31,34,43H,11,14,16-19,37H2,1-5H3,(H,38,42)(H,39,41)/b12-7+,13-8-,20-6+/t21-,22-,23+,26+,29+,30-,31+,34+,35+/m0/s1. The Kier molecular flexibility index (Phi) is 12.4. The highest BCUT2D eigenvalue weighted by molar-refractivity contribution is 5.87. The molecular formula is C35H48FN3O8. The second-order valence-corrected chi connectivity index (χ2v) is 13.0. The van der Waals surface area contributed by atoms with E-state index in [1.165, 1.54) is 25.1 Å². The second kappa shape index (κ2) is 16.0. The van der Waals surface area contributed by atoms with Crippen molar-refractivity contribution in [2.75, 3.05) is 12.3 Å². The monoisotopic (exact) mass is 657 g/mol. The number of halogens is 1. The minimum absolute atomic E-state index is 0.0340. The summed E-state index contributed by atoms with van der Waals surface area (Å²) in [5.74, 6) is -1.26. The van der Waals surface area contributed by atoms with Crippen molar-refractivity contribution >= 4 is 23.5 Å². The minimum Gasteiger partial charge on any atom is -0.459 e. The van der Waals surface area contributed by atoms with Gasteiger partial charge in [0.15, 0.2) is 0 Å². The molecule has 47 heavy (non-hydrogen) atoms. The van der Waals surface area contributed by atoms with Crippen LogP contribution in [0.15, 0.2) is 54.2 Å². The predicted molar refractivity (Wildman–Crippen MR) is 173 cm³/mol. The molecule has 3 fully saturated rings. The van der Waals surface area contributed by atoms with Crippen LogP contribution in [0.1, 0.15) is 65.9 Å². The Hall–Kier alpha value is -3.58. The summed E-state index contributed by atoms with van der Waals surface area (Å²) in [5, 5.41) is 16.7. The van der Waals surface area contributed by atoms with Crippen molar-refractivity contribution in [3.8, 4) is 0 Å². The zero-order valence-corrected chi connectivity index (χ0v) is 27.7. The van der Waals surface area contributed by atoms with Crippen molar-refractivity contribution in [1.29, 1.82) is 0 Å². The Morgan fingerprint density at radius 3 is 2.64 bits per heavy atom. The molecule has 0 saturated carbocycles. The van der Waals surface area contributed by atoms with Crippen molar-refractivity contribution < 1.29 is 42.8 Å². The van der Waals surface area contributed by atoms with Crippen LogP contribution in [0.3, 0.4) is 0 Å². The number of carbonyl (C=O) groups is 3. The lowest BCUT2D eigenvalue weighted by molar-refractivity contribution is -0.145. The summed E-state index contributed by atoms with van der Waals surface area (Å²) in [6, 6.07) is 4.27. The van der Waals surface area contributed by atoms with Gasteiger partial charge in [-0.3, -0.25) is 14.4 Å². The minimum atomic E-state index is -0.863. The number of epoxide rings is 1. The van der Waals surface area contributed by atoms with Gasteiger partial charge in [-0.05, 0) is 63.3 Å². The number of nitrogens with two attached hydrogens (primary N) is 1. The summed E-state index contributed by atoms with van der Waals surface area (Å²) in [7, 11) is 0. The van der Waals surface area contributed by atoms with Gasteiger partial charge < -0.3 is 40.4 Å². The van der Waals surface area contributed by atoms with Crippen LogP contribution in [0, 0.1) is 11.7 Å². The number of benzene rings is 1. The highest BCUT2D eigenvalue weighted by Gasteiger charge is 2.58. The maximum absolute atomic E-state index is 13.7. The zero-order chi connectivity index (χ0) is 34.3. The molecule has 4 rings (SSSR count). The summed E-state index contributed by atoms with van der Waals surface area (Å²) in [6.45, 7) is 9.57. The van der Waals surface area contributed by atoms with Gasteiger partial charge in [0.05, 0.1) is 43.1 Å². The van der Waals surface area contributed by atoms with Crippen LogP contribution in [-0.2, 0) is 39.9 Å². The fourth-order valence-electron chi connectivity index (χ4n) is 6.05. The smallest absolute Gasteiger partial charge is 0.303 e. The first kappa shape index (κ1) is 36.3. The highest BCUT2D eigenvalue weighted by atomic mass is 19.1. The number of amides is 2. The van der Waals surface area contributed by atoms with Crippen molar-refractivity contribution in [2.24, 2.45) is 5.92 Å². The molecule has 0 aliphatic carbocycles. The van der Waals surface area contributed by atoms with E-state index in [4.69, 9.17) is 24.7 Å². The van der Waals surface area contributed by atoms with Crippen LogP contribution < -0.4 is 16.4 Å². The third-order valence-corrected chi connectivity index (χ3v) is 8.89. The van der Waals surface area contributed by atoms with Gasteiger partial charge in [0.2, 0.25) is 11.8 Å². The van der Waals surface area contributed by atoms with Crippen LogP contribution in [0.5, 0.6) is 0 Å². The Balaban J connectivity index is 1.25. The molecule has 9 atom stereocenters. The molecule has 2 amide bonds. The quantitative estimate of drug-likeness (QED) is 0.0868. The maximum Gasteiger partial charge on any atom is 0.303 e. The Labute approximate surface area is 275 Å². The van der Waals surface area contributed by atoms with Gasteiger partial charge >= 0.3 is 5.97 Å². The molecule has 3 saturated heterocycles. The van der Waals surface area contributed by atoms with E-state index in [0.29, 0.717) is 25.0 Å². The normalized spacial score (nSPS) is 31.6. The maximum atomic E-state index is 13.7. The van der Waals surface area contributed by atoms with Crippen molar-refractivity contribution in [2.45, 2.75) is 115 Å². The molecular weight excluding hydrogens is 609 g/mol. The summed E-state index contributed by atoms with van der Waals surface area (Å²) in [4.78, 5) is 36.1. The highest BCUT2D eigenvalue weighted by Crippen LogP contribution is 2.43. The third-order valence-electron chi connectivity index (χ3n) is 8.89. The van der Waals surface area contributed by atoms with Gasteiger partial charge in [0.1, 0.15) is 29.7 Å². The van der Waals surface area contributed by atoms with Gasteiger partial charge in [0.25, 0.3) is 0 Å². The summed E-state index contributed by atoms with van der Waals surface area (Å²) < 4.78 is 36.8. The second-order valence-electron chi connectivity index (χ2n) is 13.0. The van der Waals surface area contributed by atoms with E-state index in [0.717, 1.165) is 12.0 Å². The first-order chi connectivity index (χ1) is 22.2. The van der Waals surface area contributed by atoms with Crippen molar-refractivity contribution in [1.82, 2.24) is 10.6 Å². The van der Waals surface area contributed by atoms with Gasteiger partial charge in [-0.1, -0.05) is 36.8 Å². The van der Waals surface area contributed by atoms with E-state index in [2.05, 4.69) is 23.6 Å². The van der Waals surface area contributed by atoms with Gasteiger partial charge in [-0.2, -0.15) is 0 Å². The fraction of sp³-hybridized carbons (Fsp3) is 0.571. The number of esters is 1. The fourth-order valence-corrected chi connectivity index (χ4v) is 6.05. The number of hydrogen-bond donors (Lipinski definition) is 4. The first-order valence-electron chi connectivity index (χ1n) is 16.2. The van der Waals surface area contributed by atoms with Crippen LogP contribution in [-0.4, -0.2) is 77.8 Å². The number of rotatable bonds is 12. The summed E-state index contributed by atoms with van der Waals surface area (Å²) in [6.07, 6.45) is 7.91. The number of allylic oxidation sites excluding steroid dienone is 2. The number of ether oxygens (including phenoxy) is 4. The molecule has 3 aliphatic heterocycles. The van der Waals surface area contributed by atoms with Gasteiger partial charge in [-0.15, -0.1) is 0 Å². The number of aliphatic hydroxyl groups is 1. The van der Waals surface area contributed by atoms with E-state index < -0.39 is 41.8 Å². The zero-order valence-electron chi connectivity index (χ0n) is 27.7. The van der Waals surface area contributed by atoms with Crippen molar-refractivity contribution in [3.05, 3.63) is 65.5 Å². The molecule has 11 nitrogen and oxygen atoms in total. The molecule has 1 aromatic rings. The van der Waals surface area contributed by atoms with Gasteiger partial charge in [0, 0.05) is 26.0 Å². The molecule has 0 unspecified atom stereocenters. The number of anilines is 1. The molecule has 12 heteroatoms. The number of hydrogen-bond acceptors (Lipinski definition) is 9. The van der Waals surface area contributed by atoms with E-state index in [9.17, 15) is 23.9 Å². The number of nitrogen functional groups attached to an aromatic ring is 1. The molecule has 0 bridgehead atoms. The van der Waals surface area contributed by atoms with Crippen molar-refractivity contribution in [3.63, 3.8) is 0 Å². The summed E-state index contributed by atoms with van der Waals surface area (Å²) >= 11 is 0. The average molecular weight is 658 g/mol. The van der Waals surface area contributed by atoms with E-state index in [1.54, 1.807) is 25.1 Å². The molecule has 258 valence electrons. The average Bonchev–Trinajstić information content (AvgIpc) is 3.78. The number of carbonyl (C=O) groups excluding carboxylic acids is 3. The lowest BCUT2D eigenvalue weighted by atomic mass is 9.87. The third kappa shape index (κ3) is 10.5.